The van der Waals surface area contributed by atoms with Crippen LogP contribution < -0.4 is 5.32 Å². The lowest BCUT2D eigenvalue weighted by Gasteiger charge is -2.28. The molecule has 0 saturated carbocycles. The van der Waals surface area contributed by atoms with Gasteiger partial charge >= 0.3 is 0 Å². The van der Waals surface area contributed by atoms with Crippen molar-refractivity contribution in [3.8, 4) is 0 Å². The Morgan fingerprint density at radius 2 is 1.82 bits per heavy atom. The summed E-state index contributed by atoms with van der Waals surface area (Å²) in [5.41, 5.74) is 2.98. The first kappa shape index (κ1) is 17.5. The van der Waals surface area contributed by atoms with Gasteiger partial charge in [0, 0.05) is 18.5 Å². The van der Waals surface area contributed by atoms with Crippen LogP contribution in [0, 0.1) is 0 Å². The van der Waals surface area contributed by atoms with Gasteiger partial charge in [-0.15, -0.1) is 0 Å². The highest BCUT2D eigenvalue weighted by molar-refractivity contribution is 5.20. The van der Waals surface area contributed by atoms with E-state index in [0.717, 1.165) is 19.6 Å². The lowest BCUT2D eigenvalue weighted by Crippen LogP contribution is -2.28. The average molecular weight is 306 g/mol. The molecule has 1 aromatic rings. The zero-order chi connectivity index (χ0) is 15.8. The third-order valence-corrected chi connectivity index (χ3v) is 5.20. The maximum absolute atomic E-state index is 4.97. The molecule has 1 N–H and O–H groups in total. The third-order valence-electron chi connectivity index (χ3n) is 5.20. The molecule has 0 fully saturated rings. The summed E-state index contributed by atoms with van der Waals surface area (Å²) in [4.78, 5) is 0. The summed E-state index contributed by atoms with van der Waals surface area (Å²) in [6, 6.07) is 2.37. The Bertz CT molecular complexity index is 414. The molecule has 0 bridgehead atoms. The highest BCUT2D eigenvalue weighted by Crippen LogP contribution is 2.35. The molecule has 0 aliphatic carbocycles. The number of nitrogens with zero attached hydrogens (tertiary/aromatic N) is 2. The van der Waals surface area contributed by atoms with E-state index in [4.69, 9.17) is 5.10 Å². The number of fused-ring (bicyclic) bond motifs is 1. The van der Waals surface area contributed by atoms with Crippen LogP contribution in [0.1, 0.15) is 89.9 Å². The molecular weight excluding hydrogens is 270 g/mol. The van der Waals surface area contributed by atoms with E-state index in [-0.39, 0.29) is 5.41 Å². The molecule has 126 valence electrons. The molecule has 0 spiro atoms. The summed E-state index contributed by atoms with van der Waals surface area (Å²) in [7, 11) is 0. The van der Waals surface area contributed by atoms with E-state index in [0.29, 0.717) is 0 Å². The van der Waals surface area contributed by atoms with Gasteiger partial charge < -0.3 is 5.32 Å². The minimum atomic E-state index is 0.270. The smallest absolute Gasteiger partial charge is 0.0686 e. The van der Waals surface area contributed by atoms with E-state index >= 15 is 0 Å². The highest BCUT2D eigenvalue weighted by Gasteiger charge is 2.29. The van der Waals surface area contributed by atoms with Crippen molar-refractivity contribution in [3.05, 3.63) is 17.5 Å². The molecule has 0 saturated heterocycles. The van der Waals surface area contributed by atoms with Gasteiger partial charge in [-0.2, -0.15) is 5.10 Å². The summed E-state index contributed by atoms with van der Waals surface area (Å²) in [6.45, 7) is 10.1. The predicted octanol–water partition coefficient (Wildman–Crippen LogP) is 4.79. The van der Waals surface area contributed by atoms with Crippen LogP contribution in [0.2, 0.25) is 0 Å². The van der Waals surface area contributed by atoms with E-state index in [1.165, 1.54) is 69.2 Å². The van der Waals surface area contributed by atoms with Crippen molar-refractivity contribution < 1.29 is 0 Å². The first-order valence-electron chi connectivity index (χ1n) is 9.47. The van der Waals surface area contributed by atoms with Gasteiger partial charge in [0.2, 0.25) is 0 Å². The minimum absolute atomic E-state index is 0.270. The Kier molecular flexibility index (Phi) is 6.94. The number of hydrogen-bond acceptors (Lipinski definition) is 2. The first-order chi connectivity index (χ1) is 10.7. The number of rotatable bonds is 10. The molecule has 1 unspecified atom stereocenters. The largest absolute Gasteiger partial charge is 0.309 e. The Morgan fingerprint density at radius 3 is 2.55 bits per heavy atom. The fourth-order valence-electron chi connectivity index (χ4n) is 3.55. The molecule has 1 aliphatic heterocycles. The fraction of sp³-hybridized carbons (Fsp3) is 0.842. The van der Waals surface area contributed by atoms with Crippen LogP contribution in [0.15, 0.2) is 6.07 Å². The van der Waals surface area contributed by atoms with E-state index in [9.17, 15) is 0 Å². The molecular formula is C19H35N3. The summed E-state index contributed by atoms with van der Waals surface area (Å²) in [5, 5.41) is 8.42. The second kappa shape index (κ2) is 8.71. The van der Waals surface area contributed by atoms with Gasteiger partial charge in [-0.25, -0.2) is 0 Å². The van der Waals surface area contributed by atoms with Crippen molar-refractivity contribution in [1.29, 1.82) is 0 Å². The molecule has 22 heavy (non-hydrogen) atoms. The van der Waals surface area contributed by atoms with Crippen LogP contribution in [-0.4, -0.2) is 16.3 Å². The van der Waals surface area contributed by atoms with Crippen LogP contribution in [0.3, 0.4) is 0 Å². The normalized spacial score (nSPS) is 17.2. The SMILES string of the molecule is CCCCCCCC(C)(CCCC)c1cc2n(n1)CCNC2. The molecule has 0 amide bonds. The first-order valence-corrected chi connectivity index (χ1v) is 9.47. The summed E-state index contributed by atoms with van der Waals surface area (Å²) >= 11 is 0. The molecule has 0 aromatic carbocycles. The molecule has 3 heteroatoms. The summed E-state index contributed by atoms with van der Waals surface area (Å²) < 4.78 is 2.23. The molecule has 0 radical (unpaired) electrons. The van der Waals surface area contributed by atoms with Crippen LogP contribution >= 0.6 is 0 Å². The predicted molar refractivity (Wildman–Crippen MR) is 94.2 cm³/mol. The van der Waals surface area contributed by atoms with Gasteiger partial charge in [0.15, 0.2) is 0 Å². The van der Waals surface area contributed by atoms with Crippen molar-refractivity contribution in [2.24, 2.45) is 0 Å². The van der Waals surface area contributed by atoms with Gasteiger partial charge in [0.05, 0.1) is 17.9 Å². The topological polar surface area (TPSA) is 29.9 Å². The van der Waals surface area contributed by atoms with Gasteiger partial charge in [-0.05, 0) is 18.9 Å². The molecule has 1 aromatic heterocycles. The van der Waals surface area contributed by atoms with Crippen molar-refractivity contribution >= 4 is 0 Å². The Balaban J connectivity index is 2.01. The van der Waals surface area contributed by atoms with E-state index in [1.54, 1.807) is 0 Å². The van der Waals surface area contributed by atoms with E-state index in [2.05, 4.69) is 36.8 Å². The van der Waals surface area contributed by atoms with E-state index < -0.39 is 0 Å². The Labute approximate surface area is 136 Å². The molecule has 3 nitrogen and oxygen atoms in total. The number of aromatic nitrogens is 2. The number of nitrogens with one attached hydrogen (secondary N) is 1. The van der Waals surface area contributed by atoms with Crippen molar-refractivity contribution in [1.82, 2.24) is 15.1 Å². The molecule has 1 aliphatic rings. The van der Waals surface area contributed by atoms with Crippen molar-refractivity contribution in [2.75, 3.05) is 6.54 Å². The van der Waals surface area contributed by atoms with Crippen molar-refractivity contribution in [3.63, 3.8) is 0 Å². The Hall–Kier alpha value is -0.830. The quantitative estimate of drug-likeness (QED) is 0.630. The maximum atomic E-state index is 4.97. The molecule has 1 atom stereocenters. The minimum Gasteiger partial charge on any atom is -0.309 e. The summed E-state index contributed by atoms with van der Waals surface area (Å²) in [5.74, 6) is 0. The van der Waals surface area contributed by atoms with Gasteiger partial charge in [0.25, 0.3) is 0 Å². The second-order valence-electron chi connectivity index (χ2n) is 7.25. The lowest BCUT2D eigenvalue weighted by atomic mass is 9.77. The molecule has 2 heterocycles. The highest BCUT2D eigenvalue weighted by atomic mass is 15.3. The number of hydrogen-bond donors (Lipinski definition) is 1. The van der Waals surface area contributed by atoms with Crippen LogP contribution in [0.5, 0.6) is 0 Å². The zero-order valence-electron chi connectivity index (χ0n) is 15.0. The average Bonchev–Trinajstić information content (AvgIpc) is 2.97. The van der Waals surface area contributed by atoms with Gasteiger partial charge in [0.1, 0.15) is 0 Å². The second-order valence-corrected chi connectivity index (χ2v) is 7.25. The number of unbranched alkanes of at least 4 members (excludes halogenated alkanes) is 5. The molecule has 2 rings (SSSR count). The maximum Gasteiger partial charge on any atom is 0.0686 e. The Morgan fingerprint density at radius 1 is 1.09 bits per heavy atom. The zero-order valence-corrected chi connectivity index (χ0v) is 15.0. The fourth-order valence-corrected chi connectivity index (χ4v) is 3.55. The van der Waals surface area contributed by atoms with Crippen LogP contribution in [0.25, 0.3) is 0 Å². The third kappa shape index (κ3) is 4.58. The standard InChI is InChI=1S/C19H35N3/c1-4-6-8-9-10-12-19(3,11-7-5-2)18-15-17-16-20-13-14-22(17)21-18/h15,20H,4-14,16H2,1-3H3. The van der Waals surface area contributed by atoms with Crippen LogP contribution in [0.4, 0.5) is 0 Å². The van der Waals surface area contributed by atoms with Gasteiger partial charge in [-0.1, -0.05) is 65.7 Å². The summed E-state index contributed by atoms with van der Waals surface area (Å²) in [6.07, 6.45) is 12.0. The monoisotopic (exact) mass is 305 g/mol. The van der Waals surface area contributed by atoms with Crippen molar-refractivity contribution in [2.45, 2.75) is 97.1 Å². The van der Waals surface area contributed by atoms with Gasteiger partial charge in [-0.3, -0.25) is 4.68 Å². The lowest BCUT2D eigenvalue weighted by molar-refractivity contribution is 0.353. The van der Waals surface area contributed by atoms with E-state index in [1.807, 2.05) is 0 Å². The van der Waals surface area contributed by atoms with Crippen LogP contribution in [-0.2, 0) is 18.5 Å².